The number of thiol groups is 1. The predicted molar refractivity (Wildman–Crippen MR) is 91.5 cm³/mol. The number of carboxylic acids is 2. The number of aliphatic carboxylic acids is 2. The number of carbonyl (C=O) groups excluding carboxylic acids is 3. The molecule has 2 atom stereocenters. The van der Waals surface area contributed by atoms with E-state index >= 15 is 0 Å². The topological polar surface area (TPSA) is 171 Å². The number of hydroxylamine groups is 1. The first-order chi connectivity index (χ1) is 12.2. The lowest BCUT2D eigenvalue weighted by atomic mass is 10.1. The molecule has 0 saturated carbocycles. The monoisotopic (exact) mass is 393 g/mol. The highest BCUT2D eigenvalue weighted by Crippen LogP contribution is 2.03. The van der Waals surface area contributed by atoms with Crippen LogP contribution < -0.4 is 16.1 Å². The van der Waals surface area contributed by atoms with Crippen molar-refractivity contribution in [3.05, 3.63) is 0 Å². The summed E-state index contributed by atoms with van der Waals surface area (Å²) < 4.78 is 0. The van der Waals surface area contributed by atoms with Crippen LogP contribution in [-0.4, -0.2) is 71.2 Å². The normalized spacial score (nSPS) is 12.7. The number of rotatable bonds is 14. The van der Waals surface area contributed by atoms with Gasteiger partial charge < -0.3 is 20.8 Å². The van der Waals surface area contributed by atoms with Gasteiger partial charge in [-0.2, -0.15) is 12.6 Å². The molecule has 0 fully saturated rings. The van der Waals surface area contributed by atoms with Crippen molar-refractivity contribution in [2.24, 2.45) is 0 Å². The minimum Gasteiger partial charge on any atom is -0.480 e. The molecule has 0 bridgehead atoms. The van der Waals surface area contributed by atoms with Gasteiger partial charge in [-0.1, -0.05) is 0 Å². The number of nitrogens with one attached hydrogen (secondary N) is 3. The standard InChI is InChI=1S/C14H23N3O8S/c1-15-25-6-12(20)17-10(14(23)24)4-5-11(19)16-9(13(21)22)3-2-8(18)7-26/h9-10,15,26H,2-7H2,1H3,(H,16,19)(H,17,20)(H,21,22)(H,23,24). The SMILES string of the molecule is CNOCC(=O)NC(CCC(=O)NC(CCC(=O)CS)C(=O)O)C(=O)O. The summed E-state index contributed by atoms with van der Waals surface area (Å²) >= 11 is 3.78. The molecule has 0 aromatic heterocycles. The molecule has 12 heteroatoms. The molecule has 0 aromatic rings. The van der Waals surface area contributed by atoms with E-state index in [0.717, 1.165) is 0 Å². The van der Waals surface area contributed by atoms with Crippen LogP contribution in [0.5, 0.6) is 0 Å². The largest absolute Gasteiger partial charge is 0.480 e. The van der Waals surface area contributed by atoms with Crippen LogP contribution in [0.4, 0.5) is 0 Å². The van der Waals surface area contributed by atoms with Crippen LogP contribution in [0, 0.1) is 0 Å². The van der Waals surface area contributed by atoms with E-state index in [-0.39, 0.29) is 37.2 Å². The fourth-order valence-corrected chi connectivity index (χ4v) is 1.97. The first-order valence-corrected chi connectivity index (χ1v) is 8.29. The molecule has 0 radical (unpaired) electrons. The molecule has 5 N–H and O–H groups in total. The van der Waals surface area contributed by atoms with Crippen LogP contribution in [0.3, 0.4) is 0 Å². The van der Waals surface area contributed by atoms with E-state index in [9.17, 15) is 24.0 Å². The van der Waals surface area contributed by atoms with Gasteiger partial charge in [-0.05, 0) is 12.8 Å². The smallest absolute Gasteiger partial charge is 0.326 e. The molecule has 0 saturated heterocycles. The number of hydrogen-bond acceptors (Lipinski definition) is 8. The molecule has 0 rings (SSSR count). The zero-order chi connectivity index (χ0) is 20.1. The molecular weight excluding hydrogens is 370 g/mol. The number of carbonyl (C=O) groups is 5. The third-order valence-corrected chi connectivity index (χ3v) is 3.52. The van der Waals surface area contributed by atoms with Crippen LogP contribution in [0.15, 0.2) is 0 Å². The summed E-state index contributed by atoms with van der Waals surface area (Å²) in [5.74, 6) is -4.34. The number of amides is 2. The highest BCUT2D eigenvalue weighted by Gasteiger charge is 2.24. The molecule has 0 aliphatic rings. The van der Waals surface area contributed by atoms with Crippen molar-refractivity contribution >= 4 is 42.2 Å². The molecule has 2 unspecified atom stereocenters. The van der Waals surface area contributed by atoms with Gasteiger partial charge in [-0.3, -0.25) is 19.2 Å². The Bertz CT molecular complexity index is 528. The summed E-state index contributed by atoms with van der Waals surface area (Å²) in [6.07, 6.45) is -0.719. The fourth-order valence-electron chi connectivity index (χ4n) is 1.81. The lowest BCUT2D eigenvalue weighted by molar-refractivity contribution is -0.144. The third-order valence-electron chi connectivity index (χ3n) is 3.16. The molecule has 26 heavy (non-hydrogen) atoms. The lowest BCUT2D eigenvalue weighted by Gasteiger charge is -2.16. The minimum absolute atomic E-state index is 0.0302. The summed E-state index contributed by atoms with van der Waals surface area (Å²) in [6.45, 7) is -0.410. The molecule has 2 amide bonds. The first kappa shape index (κ1) is 23.8. The minimum atomic E-state index is -1.34. The molecular formula is C14H23N3O8S. The highest BCUT2D eigenvalue weighted by atomic mass is 32.1. The van der Waals surface area contributed by atoms with Crippen LogP contribution in [-0.2, 0) is 28.8 Å². The maximum Gasteiger partial charge on any atom is 0.326 e. The average molecular weight is 393 g/mol. The lowest BCUT2D eigenvalue weighted by Crippen LogP contribution is -2.45. The summed E-state index contributed by atoms with van der Waals surface area (Å²) in [7, 11) is 1.43. The van der Waals surface area contributed by atoms with E-state index in [2.05, 4.69) is 33.6 Å². The number of ketones is 1. The van der Waals surface area contributed by atoms with Crippen molar-refractivity contribution in [3.8, 4) is 0 Å². The van der Waals surface area contributed by atoms with Gasteiger partial charge in [0, 0.05) is 25.6 Å². The predicted octanol–water partition coefficient (Wildman–Crippen LogP) is -1.66. The van der Waals surface area contributed by atoms with E-state index in [1.807, 2.05) is 0 Å². The molecule has 0 aliphatic heterocycles. The quantitative estimate of drug-likeness (QED) is 0.149. The number of hydrogen-bond donors (Lipinski definition) is 6. The molecule has 0 heterocycles. The van der Waals surface area contributed by atoms with Gasteiger partial charge in [-0.15, -0.1) is 0 Å². The Kier molecular flexibility index (Phi) is 12.0. The Labute approximate surface area is 155 Å². The van der Waals surface area contributed by atoms with E-state index < -0.39 is 42.4 Å². The zero-order valence-electron chi connectivity index (χ0n) is 14.2. The maximum atomic E-state index is 11.8. The second-order valence-corrected chi connectivity index (χ2v) is 5.50. The van der Waals surface area contributed by atoms with Gasteiger partial charge >= 0.3 is 11.9 Å². The number of carboxylic acid groups (broad SMARTS) is 2. The summed E-state index contributed by atoms with van der Waals surface area (Å²) in [5, 5.41) is 22.5. The third kappa shape index (κ3) is 10.6. The van der Waals surface area contributed by atoms with Crippen LogP contribution in [0.25, 0.3) is 0 Å². The van der Waals surface area contributed by atoms with Crippen molar-refractivity contribution in [1.29, 1.82) is 0 Å². The first-order valence-electron chi connectivity index (χ1n) is 7.66. The van der Waals surface area contributed by atoms with Crippen molar-refractivity contribution in [2.75, 3.05) is 19.4 Å². The van der Waals surface area contributed by atoms with Crippen LogP contribution in [0.2, 0.25) is 0 Å². The zero-order valence-corrected chi connectivity index (χ0v) is 15.1. The fraction of sp³-hybridized carbons (Fsp3) is 0.643. The van der Waals surface area contributed by atoms with Crippen molar-refractivity contribution in [2.45, 2.75) is 37.8 Å². The van der Waals surface area contributed by atoms with Gasteiger partial charge in [0.15, 0.2) is 0 Å². The maximum absolute atomic E-state index is 11.8. The van der Waals surface area contributed by atoms with Gasteiger partial charge in [-0.25, -0.2) is 15.1 Å². The Morgan fingerprint density at radius 3 is 1.88 bits per heavy atom. The summed E-state index contributed by atoms with van der Waals surface area (Å²) in [5.41, 5.74) is 2.25. The molecule has 0 aliphatic carbocycles. The Morgan fingerprint density at radius 1 is 0.923 bits per heavy atom. The van der Waals surface area contributed by atoms with E-state index in [1.165, 1.54) is 7.05 Å². The van der Waals surface area contributed by atoms with Crippen molar-refractivity contribution < 1.29 is 39.0 Å². The summed E-state index contributed by atoms with van der Waals surface area (Å²) in [4.78, 5) is 61.3. The van der Waals surface area contributed by atoms with Crippen molar-refractivity contribution in [3.63, 3.8) is 0 Å². The Balaban J connectivity index is 4.51. The van der Waals surface area contributed by atoms with Gasteiger partial charge in [0.05, 0.1) is 0 Å². The second kappa shape index (κ2) is 13.1. The Hall–Kier alpha value is -2.18. The number of Topliss-reactive ketones (excluding diaryl/α,β-unsaturated/α-hetero) is 1. The molecule has 148 valence electrons. The van der Waals surface area contributed by atoms with E-state index in [0.29, 0.717) is 0 Å². The van der Waals surface area contributed by atoms with E-state index in [1.54, 1.807) is 0 Å². The van der Waals surface area contributed by atoms with Gasteiger partial charge in [0.25, 0.3) is 0 Å². The second-order valence-electron chi connectivity index (χ2n) is 5.18. The van der Waals surface area contributed by atoms with Gasteiger partial charge in [0.2, 0.25) is 11.8 Å². The van der Waals surface area contributed by atoms with Gasteiger partial charge in [0.1, 0.15) is 24.5 Å². The Morgan fingerprint density at radius 2 is 1.42 bits per heavy atom. The van der Waals surface area contributed by atoms with Crippen molar-refractivity contribution in [1.82, 2.24) is 16.1 Å². The van der Waals surface area contributed by atoms with Crippen LogP contribution in [0.1, 0.15) is 25.7 Å². The highest BCUT2D eigenvalue weighted by molar-refractivity contribution is 7.81. The van der Waals surface area contributed by atoms with Crippen LogP contribution >= 0.6 is 12.6 Å². The molecule has 0 spiro atoms. The molecule has 11 nitrogen and oxygen atoms in total. The van der Waals surface area contributed by atoms with E-state index in [4.69, 9.17) is 10.2 Å². The average Bonchev–Trinajstić information content (AvgIpc) is 2.59. The summed E-state index contributed by atoms with van der Waals surface area (Å²) in [6, 6.07) is -2.60. The molecule has 0 aromatic carbocycles.